The van der Waals surface area contributed by atoms with Gasteiger partial charge in [-0.05, 0) is 25.1 Å². The SMILES string of the molecule is CCOc1cc(C(=O)CCC(=O)OCC(N)=O)ccc1O. The molecule has 0 unspecified atom stereocenters. The van der Waals surface area contributed by atoms with E-state index in [2.05, 4.69) is 4.74 Å². The first-order chi connectivity index (χ1) is 9.93. The monoisotopic (exact) mass is 295 g/mol. The van der Waals surface area contributed by atoms with Crippen molar-refractivity contribution in [3.63, 3.8) is 0 Å². The molecule has 0 saturated carbocycles. The van der Waals surface area contributed by atoms with E-state index in [0.717, 1.165) is 0 Å². The Labute approximate surface area is 121 Å². The highest BCUT2D eigenvalue weighted by molar-refractivity contribution is 5.98. The van der Waals surface area contributed by atoms with Crippen molar-refractivity contribution in [3.05, 3.63) is 23.8 Å². The van der Waals surface area contributed by atoms with Crippen LogP contribution < -0.4 is 10.5 Å². The first-order valence-corrected chi connectivity index (χ1v) is 6.37. The van der Waals surface area contributed by atoms with Gasteiger partial charge in [-0.2, -0.15) is 0 Å². The first-order valence-electron chi connectivity index (χ1n) is 6.37. The molecule has 0 spiro atoms. The lowest BCUT2D eigenvalue weighted by Gasteiger charge is -2.08. The lowest BCUT2D eigenvalue weighted by atomic mass is 10.1. The fourth-order valence-corrected chi connectivity index (χ4v) is 1.54. The molecule has 0 bridgehead atoms. The molecule has 7 heteroatoms. The zero-order chi connectivity index (χ0) is 15.8. The van der Waals surface area contributed by atoms with Crippen LogP contribution >= 0.6 is 0 Å². The summed E-state index contributed by atoms with van der Waals surface area (Å²) in [6.45, 7) is 1.61. The lowest BCUT2D eigenvalue weighted by Crippen LogP contribution is -2.21. The van der Waals surface area contributed by atoms with Gasteiger partial charge >= 0.3 is 5.97 Å². The average Bonchev–Trinajstić information content (AvgIpc) is 2.45. The van der Waals surface area contributed by atoms with E-state index in [1.54, 1.807) is 6.92 Å². The number of Topliss-reactive ketones (excluding diaryl/α,β-unsaturated/α-hetero) is 1. The van der Waals surface area contributed by atoms with Gasteiger partial charge in [-0.15, -0.1) is 0 Å². The number of benzene rings is 1. The number of primary amides is 1. The van der Waals surface area contributed by atoms with Gasteiger partial charge in [-0.1, -0.05) is 0 Å². The van der Waals surface area contributed by atoms with Gasteiger partial charge in [-0.25, -0.2) is 0 Å². The van der Waals surface area contributed by atoms with E-state index >= 15 is 0 Å². The van der Waals surface area contributed by atoms with Crippen LogP contribution in [-0.4, -0.2) is 36.0 Å². The maximum Gasteiger partial charge on any atom is 0.306 e. The summed E-state index contributed by atoms with van der Waals surface area (Å²) in [6, 6.07) is 4.20. The molecule has 7 nitrogen and oxygen atoms in total. The van der Waals surface area contributed by atoms with Gasteiger partial charge in [0.2, 0.25) is 0 Å². The second-order valence-electron chi connectivity index (χ2n) is 4.17. The van der Waals surface area contributed by atoms with Gasteiger partial charge in [0.15, 0.2) is 23.9 Å². The molecule has 0 aliphatic rings. The zero-order valence-electron chi connectivity index (χ0n) is 11.6. The van der Waals surface area contributed by atoms with Gasteiger partial charge in [0, 0.05) is 12.0 Å². The third kappa shape index (κ3) is 5.52. The van der Waals surface area contributed by atoms with E-state index < -0.39 is 18.5 Å². The van der Waals surface area contributed by atoms with Crippen molar-refractivity contribution in [2.45, 2.75) is 19.8 Å². The fraction of sp³-hybridized carbons (Fsp3) is 0.357. The number of phenols is 1. The third-order valence-corrected chi connectivity index (χ3v) is 2.51. The number of phenolic OH excluding ortho intramolecular Hbond substituents is 1. The maximum absolute atomic E-state index is 11.9. The predicted molar refractivity (Wildman–Crippen MR) is 73.0 cm³/mol. The summed E-state index contributed by atoms with van der Waals surface area (Å²) >= 11 is 0. The van der Waals surface area contributed by atoms with E-state index in [0.29, 0.717) is 12.2 Å². The van der Waals surface area contributed by atoms with Crippen molar-refractivity contribution >= 4 is 17.7 Å². The number of ether oxygens (including phenoxy) is 2. The van der Waals surface area contributed by atoms with Crippen LogP contribution in [0.1, 0.15) is 30.1 Å². The van der Waals surface area contributed by atoms with Crippen LogP contribution in [0.3, 0.4) is 0 Å². The van der Waals surface area contributed by atoms with Crippen molar-refractivity contribution in [2.24, 2.45) is 5.73 Å². The number of hydrogen-bond acceptors (Lipinski definition) is 6. The number of carbonyl (C=O) groups excluding carboxylic acids is 3. The van der Waals surface area contributed by atoms with E-state index in [-0.39, 0.29) is 30.1 Å². The topological polar surface area (TPSA) is 116 Å². The van der Waals surface area contributed by atoms with Crippen LogP contribution in [0, 0.1) is 0 Å². The summed E-state index contributed by atoms with van der Waals surface area (Å²) in [5, 5.41) is 9.53. The van der Waals surface area contributed by atoms with Crippen LogP contribution in [0.5, 0.6) is 11.5 Å². The lowest BCUT2D eigenvalue weighted by molar-refractivity contribution is -0.147. The van der Waals surface area contributed by atoms with Gasteiger partial charge in [0.1, 0.15) is 0 Å². The third-order valence-electron chi connectivity index (χ3n) is 2.51. The maximum atomic E-state index is 11.9. The average molecular weight is 295 g/mol. The Morgan fingerprint density at radius 1 is 1.24 bits per heavy atom. The first kappa shape index (κ1) is 16.5. The quantitative estimate of drug-likeness (QED) is 0.541. The fourth-order valence-electron chi connectivity index (χ4n) is 1.54. The van der Waals surface area contributed by atoms with Crippen molar-refractivity contribution < 1.29 is 29.0 Å². The van der Waals surface area contributed by atoms with Crippen molar-refractivity contribution in [2.75, 3.05) is 13.2 Å². The van der Waals surface area contributed by atoms with E-state index in [1.165, 1.54) is 18.2 Å². The molecule has 3 N–H and O–H groups in total. The minimum atomic E-state index is -0.755. The van der Waals surface area contributed by atoms with Crippen molar-refractivity contribution in [1.29, 1.82) is 0 Å². The predicted octanol–water partition coefficient (Wildman–Crippen LogP) is 0.782. The second kappa shape index (κ2) is 7.88. The van der Waals surface area contributed by atoms with Crippen LogP contribution in [-0.2, 0) is 14.3 Å². The highest BCUT2D eigenvalue weighted by atomic mass is 16.5. The van der Waals surface area contributed by atoms with Crippen LogP contribution in [0.2, 0.25) is 0 Å². The van der Waals surface area contributed by atoms with E-state index in [1.807, 2.05) is 0 Å². The van der Waals surface area contributed by atoms with Gasteiger partial charge in [0.05, 0.1) is 13.0 Å². The summed E-state index contributed by atoms with van der Waals surface area (Å²) in [5.74, 6) is -1.58. The highest BCUT2D eigenvalue weighted by Gasteiger charge is 2.13. The molecule has 1 aromatic rings. The Morgan fingerprint density at radius 3 is 2.57 bits per heavy atom. The number of nitrogens with two attached hydrogens (primary N) is 1. The van der Waals surface area contributed by atoms with Crippen LogP contribution in [0.15, 0.2) is 18.2 Å². The molecule has 0 aromatic heterocycles. The number of esters is 1. The summed E-state index contributed by atoms with van der Waals surface area (Å²) < 4.78 is 9.71. The van der Waals surface area contributed by atoms with E-state index in [4.69, 9.17) is 10.5 Å². The largest absolute Gasteiger partial charge is 0.504 e. The molecule has 0 saturated heterocycles. The molecule has 114 valence electrons. The number of ketones is 1. The number of rotatable bonds is 8. The van der Waals surface area contributed by atoms with Crippen molar-refractivity contribution in [1.82, 2.24) is 0 Å². The Morgan fingerprint density at radius 2 is 1.95 bits per heavy atom. The molecular formula is C14H17NO6. The molecule has 0 atom stereocenters. The highest BCUT2D eigenvalue weighted by Crippen LogP contribution is 2.27. The zero-order valence-corrected chi connectivity index (χ0v) is 11.6. The smallest absolute Gasteiger partial charge is 0.306 e. The molecule has 0 radical (unpaired) electrons. The standard InChI is InChI=1S/C14H17NO6/c1-2-20-12-7-9(3-4-11(12)17)10(16)5-6-14(19)21-8-13(15)18/h3-4,7,17H,2,5-6,8H2,1H3,(H2,15,18). The molecule has 0 aliphatic carbocycles. The summed E-state index contributed by atoms with van der Waals surface area (Å²) in [6.07, 6.45) is -0.231. The molecule has 0 heterocycles. The Hall–Kier alpha value is -2.57. The molecule has 1 rings (SSSR count). The minimum absolute atomic E-state index is 0.0609. The number of hydrogen-bond donors (Lipinski definition) is 2. The van der Waals surface area contributed by atoms with E-state index in [9.17, 15) is 19.5 Å². The van der Waals surface area contributed by atoms with Crippen LogP contribution in [0.4, 0.5) is 0 Å². The van der Waals surface area contributed by atoms with Gasteiger partial charge < -0.3 is 20.3 Å². The van der Waals surface area contributed by atoms with Crippen LogP contribution in [0.25, 0.3) is 0 Å². The molecule has 1 amide bonds. The molecule has 0 fully saturated rings. The normalized spacial score (nSPS) is 9.95. The molecular weight excluding hydrogens is 278 g/mol. The summed E-state index contributed by atoms with van der Waals surface area (Å²) in [7, 11) is 0. The minimum Gasteiger partial charge on any atom is -0.504 e. The number of amides is 1. The van der Waals surface area contributed by atoms with Crippen molar-refractivity contribution in [3.8, 4) is 11.5 Å². The summed E-state index contributed by atoms with van der Waals surface area (Å²) in [5.41, 5.74) is 5.14. The molecule has 1 aromatic carbocycles. The van der Waals surface area contributed by atoms with Gasteiger partial charge in [0.25, 0.3) is 5.91 Å². The Balaban J connectivity index is 2.57. The Bertz CT molecular complexity index is 540. The number of aromatic hydroxyl groups is 1. The molecule has 0 aliphatic heterocycles. The molecule has 21 heavy (non-hydrogen) atoms. The second-order valence-corrected chi connectivity index (χ2v) is 4.17. The van der Waals surface area contributed by atoms with Gasteiger partial charge in [-0.3, -0.25) is 14.4 Å². The summed E-state index contributed by atoms with van der Waals surface area (Å²) in [4.78, 5) is 33.6. The Kier molecular flexibility index (Phi) is 6.19. The number of carbonyl (C=O) groups is 3.